The van der Waals surface area contributed by atoms with Gasteiger partial charge in [0.25, 0.3) is 0 Å². The van der Waals surface area contributed by atoms with Crippen LogP contribution >= 0.6 is 0 Å². The van der Waals surface area contributed by atoms with Crippen molar-refractivity contribution in [3.63, 3.8) is 0 Å². The monoisotopic (exact) mass is 335 g/mol. The number of anilines is 1. The van der Waals surface area contributed by atoms with Crippen molar-refractivity contribution >= 4 is 28.3 Å². The van der Waals surface area contributed by atoms with Crippen LogP contribution in [0, 0.1) is 0 Å². The van der Waals surface area contributed by atoms with E-state index in [2.05, 4.69) is 5.32 Å². The highest BCUT2D eigenvalue weighted by atomic mass is 16.6. The number of hydrogen-bond acceptors (Lipinski definition) is 4. The van der Waals surface area contributed by atoms with Crippen LogP contribution in [0.1, 0.15) is 6.92 Å². The molecule has 1 N–H and O–H groups in total. The Hall–Kier alpha value is -3.34. The number of ether oxygens (including phenoxy) is 2. The van der Waals surface area contributed by atoms with Gasteiger partial charge in [-0.1, -0.05) is 30.3 Å². The summed E-state index contributed by atoms with van der Waals surface area (Å²) in [6, 6.07) is 20.1. The molecular weight excluding hydrogens is 318 g/mol. The summed E-state index contributed by atoms with van der Waals surface area (Å²) in [5, 5.41) is 4.79. The van der Waals surface area contributed by atoms with E-state index in [0.29, 0.717) is 17.2 Å². The molecule has 0 saturated heterocycles. The molecule has 0 atom stereocenters. The number of amides is 1. The van der Waals surface area contributed by atoms with E-state index >= 15 is 0 Å². The topological polar surface area (TPSA) is 64.6 Å². The Kier molecular flexibility index (Phi) is 4.95. The maximum absolute atomic E-state index is 11.9. The Morgan fingerprint density at radius 3 is 2.28 bits per heavy atom. The highest BCUT2D eigenvalue weighted by Crippen LogP contribution is 2.21. The van der Waals surface area contributed by atoms with Crippen molar-refractivity contribution in [2.24, 2.45) is 0 Å². The third-order valence-electron chi connectivity index (χ3n) is 3.48. The van der Waals surface area contributed by atoms with Crippen LogP contribution in [0.15, 0.2) is 66.7 Å². The van der Waals surface area contributed by atoms with Gasteiger partial charge in [-0.3, -0.25) is 4.79 Å². The van der Waals surface area contributed by atoms with Crippen molar-refractivity contribution < 1.29 is 19.1 Å². The van der Waals surface area contributed by atoms with Gasteiger partial charge in [-0.2, -0.15) is 0 Å². The van der Waals surface area contributed by atoms with E-state index in [0.717, 1.165) is 10.8 Å². The van der Waals surface area contributed by atoms with E-state index in [1.807, 2.05) is 42.5 Å². The molecule has 1 amide bonds. The van der Waals surface area contributed by atoms with Crippen LogP contribution in [-0.4, -0.2) is 18.5 Å². The molecule has 5 heteroatoms. The molecule has 25 heavy (non-hydrogen) atoms. The fourth-order valence-electron chi connectivity index (χ4n) is 2.37. The number of nitrogens with one attached hydrogen (secondary N) is 1. The first-order valence-electron chi connectivity index (χ1n) is 7.80. The molecule has 0 radical (unpaired) electrons. The third kappa shape index (κ3) is 4.57. The minimum absolute atomic E-state index is 0.159. The lowest BCUT2D eigenvalue weighted by Gasteiger charge is -2.08. The number of carbonyl (C=O) groups is 2. The van der Waals surface area contributed by atoms with Gasteiger partial charge >= 0.3 is 5.97 Å². The van der Waals surface area contributed by atoms with Crippen molar-refractivity contribution in [1.82, 2.24) is 0 Å². The zero-order valence-electron chi connectivity index (χ0n) is 13.7. The molecule has 0 fully saturated rings. The summed E-state index contributed by atoms with van der Waals surface area (Å²) in [6.07, 6.45) is 0. The van der Waals surface area contributed by atoms with Crippen LogP contribution < -0.4 is 14.8 Å². The molecule has 0 aliphatic heterocycles. The smallest absolute Gasteiger partial charge is 0.349 e. The number of hydrogen-bond donors (Lipinski definition) is 1. The zero-order valence-corrected chi connectivity index (χ0v) is 13.7. The van der Waals surface area contributed by atoms with Crippen LogP contribution in [0.4, 0.5) is 5.69 Å². The SMILES string of the molecule is CC(=O)Nc1ccc(OC(=O)COc2ccc3ccccc3c2)cc1. The lowest BCUT2D eigenvalue weighted by molar-refractivity contribution is -0.136. The summed E-state index contributed by atoms with van der Waals surface area (Å²) >= 11 is 0. The van der Waals surface area contributed by atoms with Crippen LogP contribution in [0.2, 0.25) is 0 Å². The van der Waals surface area contributed by atoms with Crippen LogP contribution in [0.5, 0.6) is 11.5 Å². The number of benzene rings is 3. The first-order chi connectivity index (χ1) is 12.1. The molecule has 0 aromatic heterocycles. The summed E-state index contributed by atoms with van der Waals surface area (Å²) < 4.78 is 10.7. The van der Waals surface area contributed by atoms with E-state index < -0.39 is 5.97 Å². The van der Waals surface area contributed by atoms with Gasteiger partial charge in [0.1, 0.15) is 11.5 Å². The molecule has 0 bridgehead atoms. The van der Waals surface area contributed by atoms with Crippen molar-refractivity contribution in [3.05, 3.63) is 66.7 Å². The highest BCUT2D eigenvalue weighted by Gasteiger charge is 2.07. The Morgan fingerprint density at radius 2 is 1.56 bits per heavy atom. The van der Waals surface area contributed by atoms with Gasteiger partial charge in [-0.25, -0.2) is 4.79 Å². The fourth-order valence-corrected chi connectivity index (χ4v) is 2.37. The van der Waals surface area contributed by atoms with E-state index in [4.69, 9.17) is 9.47 Å². The molecule has 0 heterocycles. The first-order valence-corrected chi connectivity index (χ1v) is 7.80. The van der Waals surface area contributed by atoms with Gasteiger partial charge in [-0.05, 0) is 47.2 Å². The van der Waals surface area contributed by atoms with Gasteiger partial charge in [0.2, 0.25) is 5.91 Å². The largest absolute Gasteiger partial charge is 0.482 e. The second-order valence-electron chi connectivity index (χ2n) is 5.48. The second kappa shape index (κ2) is 7.49. The minimum Gasteiger partial charge on any atom is -0.482 e. The number of carbonyl (C=O) groups excluding carboxylic acids is 2. The molecule has 0 spiro atoms. The lowest BCUT2D eigenvalue weighted by Crippen LogP contribution is -2.17. The lowest BCUT2D eigenvalue weighted by atomic mass is 10.1. The molecule has 3 aromatic rings. The molecule has 5 nitrogen and oxygen atoms in total. The van der Waals surface area contributed by atoms with Crippen LogP contribution in [-0.2, 0) is 9.59 Å². The molecular formula is C20H17NO4. The minimum atomic E-state index is -0.500. The maximum Gasteiger partial charge on any atom is 0.349 e. The van der Waals surface area contributed by atoms with Crippen molar-refractivity contribution in [2.45, 2.75) is 6.92 Å². The van der Waals surface area contributed by atoms with Crippen LogP contribution in [0.3, 0.4) is 0 Å². The first kappa shape index (κ1) is 16.5. The average Bonchev–Trinajstić information content (AvgIpc) is 2.61. The number of rotatable bonds is 5. The van der Waals surface area contributed by atoms with Gasteiger partial charge in [0.15, 0.2) is 6.61 Å². The summed E-state index contributed by atoms with van der Waals surface area (Å²) in [6.45, 7) is 1.24. The standard InChI is InChI=1S/C20H17NO4/c1-14(22)21-17-7-10-18(11-8-17)25-20(23)13-24-19-9-6-15-4-2-3-5-16(15)12-19/h2-12H,13H2,1H3,(H,21,22). The Balaban J connectivity index is 1.55. The van der Waals surface area contributed by atoms with Crippen molar-refractivity contribution in [3.8, 4) is 11.5 Å². The molecule has 0 unspecified atom stereocenters. The van der Waals surface area contributed by atoms with Crippen LogP contribution in [0.25, 0.3) is 10.8 Å². The fraction of sp³-hybridized carbons (Fsp3) is 0.100. The zero-order chi connectivity index (χ0) is 17.6. The summed E-state index contributed by atoms with van der Waals surface area (Å²) in [7, 11) is 0. The summed E-state index contributed by atoms with van der Waals surface area (Å²) in [4.78, 5) is 22.9. The van der Waals surface area contributed by atoms with Gasteiger partial charge in [0, 0.05) is 12.6 Å². The highest BCUT2D eigenvalue weighted by molar-refractivity contribution is 5.88. The normalized spacial score (nSPS) is 10.3. The third-order valence-corrected chi connectivity index (χ3v) is 3.48. The second-order valence-corrected chi connectivity index (χ2v) is 5.48. The van der Waals surface area contributed by atoms with E-state index in [9.17, 15) is 9.59 Å². The predicted octanol–water partition coefficient (Wildman–Crippen LogP) is 3.78. The van der Waals surface area contributed by atoms with Crippen molar-refractivity contribution in [1.29, 1.82) is 0 Å². The quantitative estimate of drug-likeness (QED) is 0.569. The molecule has 3 rings (SSSR count). The van der Waals surface area contributed by atoms with Gasteiger partial charge in [0.05, 0.1) is 0 Å². The van der Waals surface area contributed by atoms with Gasteiger partial charge < -0.3 is 14.8 Å². The molecule has 0 saturated carbocycles. The number of esters is 1. The van der Waals surface area contributed by atoms with E-state index in [-0.39, 0.29) is 12.5 Å². The van der Waals surface area contributed by atoms with Gasteiger partial charge in [-0.15, -0.1) is 0 Å². The Labute approximate surface area is 145 Å². The predicted molar refractivity (Wildman–Crippen MR) is 95.8 cm³/mol. The Morgan fingerprint density at radius 1 is 0.880 bits per heavy atom. The maximum atomic E-state index is 11.9. The Bertz CT molecular complexity index is 903. The summed E-state index contributed by atoms with van der Waals surface area (Å²) in [5.41, 5.74) is 0.639. The average molecular weight is 335 g/mol. The van der Waals surface area contributed by atoms with E-state index in [1.54, 1.807) is 24.3 Å². The molecule has 0 aliphatic carbocycles. The molecule has 0 aliphatic rings. The molecule has 126 valence electrons. The molecule has 3 aromatic carbocycles. The number of fused-ring (bicyclic) bond motifs is 1. The van der Waals surface area contributed by atoms with E-state index in [1.165, 1.54) is 6.92 Å². The summed E-state index contributed by atoms with van der Waals surface area (Å²) in [5.74, 6) is 0.340. The van der Waals surface area contributed by atoms with Crippen molar-refractivity contribution in [2.75, 3.05) is 11.9 Å².